The van der Waals surface area contributed by atoms with Crippen LogP contribution in [0.4, 0.5) is 24.5 Å². The van der Waals surface area contributed by atoms with Crippen molar-refractivity contribution in [2.24, 2.45) is 0 Å². The zero-order valence-corrected chi connectivity index (χ0v) is 14.2. The molecule has 0 saturated heterocycles. The monoisotopic (exact) mass is 350 g/mol. The van der Waals surface area contributed by atoms with Gasteiger partial charge >= 0.3 is 6.18 Å². The standard InChI is InChI=1S/C19H21F3N2O/c1-3-14-6-4-5-13(2)18(14)24-17(25)11-12-23-16-9-7-15(8-10-16)19(20,21)22/h4-10,23H,3,11-12H2,1-2H3,(H,24,25). The molecule has 0 aliphatic heterocycles. The molecule has 0 heterocycles. The molecule has 25 heavy (non-hydrogen) atoms. The third-order valence-corrected chi connectivity index (χ3v) is 3.90. The number of rotatable bonds is 6. The number of aryl methyl sites for hydroxylation is 2. The number of nitrogens with one attached hydrogen (secondary N) is 2. The number of carbonyl (C=O) groups is 1. The van der Waals surface area contributed by atoms with Gasteiger partial charge in [-0.3, -0.25) is 4.79 Å². The van der Waals surface area contributed by atoms with E-state index in [-0.39, 0.29) is 12.3 Å². The van der Waals surface area contributed by atoms with Crippen molar-refractivity contribution >= 4 is 17.3 Å². The number of carbonyl (C=O) groups excluding carboxylic acids is 1. The molecule has 0 atom stereocenters. The van der Waals surface area contributed by atoms with Crippen molar-refractivity contribution in [1.29, 1.82) is 0 Å². The molecular weight excluding hydrogens is 329 g/mol. The van der Waals surface area contributed by atoms with E-state index in [1.54, 1.807) is 0 Å². The summed E-state index contributed by atoms with van der Waals surface area (Å²) < 4.78 is 37.5. The molecule has 2 rings (SSSR count). The molecule has 6 heteroatoms. The van der Waals surface area contributed by atoms with Crippen molar-refractivity contribution in [2.45, 2.75) is 32.9 Å². The fourth-order valence-electron chi connectivity index (χ4n) is 2.50. The molecule has 0 unspecified atom stereocenters. The summed E-state index contributed by atoms with van der Waals surface area (Å²) in [6.07, 6.45) is -3.30. The molecule has 2 N–H and O–H groups in total. The Morgan fingerprint density at radius 1 is 1.08 bits per heavy atom. The van der Waals surface area contributed by atoms with Gasteiger partial charge in [0, 0.05) is 24.3 Å². The Morgan fingerprint density at radius 3 is 2.36 bits per heavy atom. The van der Waals surface area contributed by atoms with E-state index in [0.29, 0.717) is 12.2 Å². The summed E-state index contributed by atoms with van der Waals surface area (Å²) in [6, 6.07) is 10.6. The number of halogens is 3. The third-order valence-electron chi connectivity index (χ3n) is 3.90. The van der Waals surface area contributed by atoms with Crippen LogP contribution in [-0.2, 0) is 17.4 Å². The molecule has 0 spiro atoms. The summed E-state index contributed by atoms with van der Waals surface area (Å²) in [4.78, 5) is 12.1. The number of para-hydroxylation sites is 1. The average Bonchev–Trinajstić information content (AvgIpc) is 2.56. The van der Waals surface area contributed by atoms with Gasteiger partial charge in [0.05, 0.1) is 5.56 Å². The van der Waals surface area contributed by atoms with Gasteiger partial charge in [0.25, 0.3) is 0 Å². The van der Waals surface area contributed by atoms with Gasteiger partial charge in [-0.25, -0.2) is 0 Å². The van der Waals surface area contributed by atoms with Crippen LogP contribution in [0.15, 0.2) is 42.5 Å². The predicted octanol–water partition coefficient (Wildman–Crippen LogP) is 5.02. The molecule has 0 bridgehead atoms. The lowest BCUT2D eigenvalue weighted by molar-refractivity contribution is -0.137. The highest BCUT2D eigenvalue weighted by Crippen LogP contribution is 2.29. The van der Waals surface area contributed by atoms with Gasteiger partial charge in [0.2, 0.25) is 5.91 Å². The van der Waals surface area contributed by atoms with Gasteiger partial charge < -0.3 is 10.6 Å². The number of hydrogen-bond acceptors (Lipinski definition) is 2. The van der Waals surface area contributed by atoms with E-state index in [9.17, 15) is 18.0 Å². The lowest BCUT2D eigenvalue weighted by Gasteiger charge is -2.13. The largest absolute Gasteiger partial charge is 0.416 e. The number of amides is 1. The van der Waals surface area contributed by atoms with E-state index in [4.69, 9.17) is 0 Å². The predicted molar refractivity (Wildman–Crippen MR) is 93.7 cm³/mol. The second-order valence-electron chi connectivity index (χ2n) is 5.76. The fourth-order valence-corrected chi connectivity index (χ4v) is 2.50. The highest BCUT2D eigenvalue weighted by Gasteiger charge is 2.29. The summed E-state index contributed by atoms with van der Waals surface area (Å²) in [5, 5.41) is 5.87. The van der Waals surface area contributed by atoms with Crippen LogP contribution in [0.25, 0.3) is 0 Å². The van der Waals surface area contributed by atoms with Gasteiger partial charge in [-0.05, 0) is 48.7 Å². The van der Waals surface area contributed by atoms with Crippen molar-refractivity contribution in [3.63, 3.8) is 0 Å². The van der Waals surface area contributed by atoms with Gasteiger partial charge in [-0.2, -0.15) is 13.2 Å². The first-order valence-electron chi connectivity index (χ1n) is 8.10. The maximum Gasteiger partial charge on any atom is 0.416 e. The van der Waals surface area contributed by atoms with Crippen LogP contribution in [-0.4, -0.2) is 12.5 Å². The van der Waals surface area contributed by atoms with Crippen LogP contribution in [0.1, 0.15) is 30.0 Å². The first-order valence-corrected chi connectivity index (χ1v) is 8.10. The normalized spacial score (nSPS) is 11.2. The maximum absolute atomic E-state index is 12.5. The number of alkyl halides is 3. The molecule has 0 aliphatic rings. The van der Waals surface area contributed by atoms with Crippen LogP contribution in [0.2, 0.25) is 0 Å². The first-order chi connectivity index (χ1) is 11.8. The van der Waals surface area contributed by atoms with Gasteiger partial charge in [0.1, 0.15) is 0 Å². The average molecular weight is 350 g/mol. The Bertz CT molecular complexity index is 724. The van der Waals surface area contributed by atoms with Crippen LogP contribution in [0.3, 0.4) is 0 Å². The Kier molecular flexibility index (Phi) is 6.07. The SMILES string of the molecule is CCc1cccc(C)c1NC(=O)CCNc1ccc(C(F)(F)F)cc1. The Balaban J connectivity index is 1.87. The van der Waals surface area contributed by atoms with Crippen molar-refractivity contribution in [1.82, 2.24) is 0 Å². The molecule has 0 saturated carbocycles. The highest BCUT2D eigenvalue weighted by molar-refractivity contribution is 5.92. The zero-order valence-electron chi connectivity index (χ0n) is 14.2. The molecule has 134 valence electrons. The van der Waals surface area contributed by atoms with Crippen LogP contribution >= 0.6 is 0 Å². The van der Waals surface area contributed by atoms with Crippen molar-refractivity contribution < 1.29 is 18.0 Å². The second-order valence-corrected chi connectivity index (χ2v) is 5.76. The smallest absolute Gasteiger partial charge is 0.385 e. The summed E-state index contributed by atoms with van der Waals surface area (Å²) >= 11 is 0. The first kappa shape index (κ1) is 18.8. The van der Waals surface area contributed by atoms with Crippen molar-refractivity contribution in [3.05, 3.63) is 59.2 Å². The third kappa shape index (κ3) is 5.24. The lowest BCUT2D eigenvalue weighted by Crippen LogP contribution is -2.17. The lowest BCUT2D eigenvalue weighted by atomic mass is 10.1. The highest BCUT2D eigenvalue weighted by atomic mass is 19.4. The van der Waals surface area contributed by atoms with Gasteiger partial charge in [-0.1, -0.05) is 25.1 Å². The summed E-state index contributed by atoms with van der Waals surface area (Å²) in [5.74, 6) is -0.136. The van der Waals surface area contributed by atoms with Crippen LogP contribution < -0.4 is 10.6 Å². The molecule has 0 fully saturated rings. The van der Waals surface area contributed by atoms with Crippen molar-refractivity contribution in [3.8, 4) is 0 Å². The quantitative estimate of drug-likeness (QED) is 0.768. The van der Waals surface area contributed by atoms with Gasteiger partial charge in [0.15, 0.2) is 0 Å². The molecule has 2 aromatic carbocycles. The van der Waals surface area contributed by atoms with E-state index < -0.39 is 11.7 Å². The zero-order chi connectivity index (χ0) is 18.4. The Labute approximate surface area is 145 Å². The minimum absolute atomic E-state index is 0.136. The molecular formula is C19H21F3N2O. The van der Waals surface area contributed by atoms with E-state index in [0.717, 1.165) is 35.4 Å². The summed E-state index contributed by atoms with van der Waals surface area (Å²) in [5.41, 5.74) is 2.77. The topological polar surface area (TPSA) is 41.1 Å². The second kappa shape index (κ2) is 8.05. The maximum atomic E-state index is 12.5. The van der Waals surface area contributed by atoms with Gasteiger partial charge in [-0.15, -0.1) is 0 Å². The molecule has 3 nitrogen and oxygen atoms in total. The minimum atomic E-state index is -4.34. The molecule has 0 radical (unpaired) electrons. The van der Waals surface area contributed by atoms with Crippen molar-refractivity contribution in [2.75, 3.05) is 17.2 Å². The molecule has 1 amide bonds. The number of hydrogen-bond donors (Lipinski definition) is 2. The fraction of sp³-hybridized carbons (Fsp3) is 0.316. The Morgan fingerprint density at radius 2 is 1.76 bits per heavy atom. The van der Waals surface area contributed by atoms with E-state index >= 15 is 0 Å². The molecule has 0 aliphatic carbocycles. The van der Waals surface area contributed by atoms with E-state index in [2.05, 4.69) is 10.6 Å². The number of anilines is 2. The van der Waals surface area contributed by atoms with Crippen LogP contribution in [0, 0.1) is 6.92 Å². The molecule has 2 aromatic rings. The van der Waals surface area contributed by atoms with E-state index in [1.165, 1.54) is 12.1 Å². The van der Waals surface area contributed by atoms with E-state index in [1.807, 2.05) is 32.0 Å². The summed E-state index contributed by atoms with van der Waals surface area (Å²) in [6.45, 7) is 4.30. The summed E-state index contributed by atoms with van der Waals surface area (Å²) in [7, 11) is 0. The molecule has 0 aromatic heterocycles. The Hall–Kier alpha value is -2.50. The number of benzene rings is 2. The minimum Gasteiger partial charge on any atom is -0.385 e. The van der Waals surface area contributed by atoms with Crippen LogP contribution in [0.5, 0.6) is 0 Å².